The third-order valence-electron chi connectivity index (χ3n) is 6.17. The summed E-state index contributed by atoms with van der Waals surface area (Å²) >= 11 is 25.7. The second-order valence-electron chi connectivity index (χ2n) is 7.46. The molecule has 5 atom stereocenters. The average molecular weight is 418 g/mol. The molecular formula is C19H16Cl4O2. The Morgan fingerprint density at radius 1 is 1.28 bits per heavy atom. The molecule has 132 valence electrons. The van der Waals surface area contributed by atoms with E-state index in [9.17, 15) is 9.59 Å². The first kappa shape index (κ1) is 17.9. The van der Waals surface area contributed by atoms with Crippen LogP contribution in [0.4, 0.5) is 0 Å². The van der Waals surface area contributed by atoms with E-state index >= 15 is 0 Å². The second-order valence-corrected chi connectivity index (χ2v) is 9.11. The van der Waals surface area contributed by atoms with E-state index in [0.29, 0.717) is 12.0 Å². The Labute approximate surface area is 166 Å². The fraction of sp³-hybridized carbons (Fsp3) is 0.474. The lowest BCUT2D eigenvalue weighted by Gasteiger charge is -2.50. The quantitative estimate of drug-likeness (QED) is 0.567. The topological polar surface area (TPSA) is 34.1 Å². The van der Waals surface area contributed by atoms with Gasteiger partial charge in [0.25, 0.3) is 0 Å². The molecule has 0 heterocycles. The molecule has 4 rings (SSSR count). The molecule has 0 radical (unpaired) electrons. The average Bonchev–Trinajstić information content (AvgIpc) is 2.81. The van der Waals surface area contributed by atoms with Gasteiger partial charge < -0.3 is 0 Å². The summed E-state index contributed by atoms with van der Waals surface area (Å²) in [6, 6.07) is 0. The van der Waals surface area contributed by atoms with Gasteiger partial charge in [0, 0.05) is 22.3 Å². The molecule has 0 aromatic rings. The molecule has 0 saturated carbocycles. The number of ketones is 2. The summed E-state index contributed by atoms with van der Waals surface area (Å²) in [5.41, 5.74) is 1.03. The predicted octanol–water partition coefficient (Wildman–Crippen LogP) is 4.92. The molecule has 2 nitrogen and oxygen atoms in total. The summed E-state index contributed by atoms with van der Waals surface area (Å²) in [6.07, 6.45) is 8.37. The fourth-order valence-electron chi connectivity index (χ4n) is 4.86. The van der Waals surface area contributed by atoms with E-state index in [1.807, 2.05) is 13.0 Å². The summed E-state index contributed by atoms with van der Waals surface area (Å²) in [5.74, 6) is -0.675. The lowest BCUT2D eigenvalue weighted by Crippen LogP contribution is -2.50. The molecule has 0 saturated heterocycles. The van der Waals surface area contributed by atoms with Crippen molar-refractivity contribution in [3.8, 4) is 0 Å². The van der Waals surface area contributed by atoms with E-state index in [2.05, 4.69) is 0 Å². The van der Waals surface area contributed by atoms with Crippen LogP contribution in [0, 0.1) is 16.7 Å². The van der Waals surface area contributed by atoms with Crippen molar-refractivity contribution in [2.75, 3.05) is 5.88 Å². The van der Waals surface area contributed by atoms with Crippen LogP contribution in [0.5, 0.6) is 0 Å². The van der Waals surface area contributed by atoms with Gasteiger partial charge in [0.2, 0.25) is 0 Å². The molecule has 0 aliphatic heterocycles. The standard InChI is InChI=1S/C19H16Cl4O2/c1-18-5-4-10-14(15(18)16(25)12(22)7-18)13(24)6-9-2-3-11(21)17(23)19(9,10)8-20/h2-3,6-7,11,15,17H,4-5,8H2,1H3. The van der Waals surface area contributed by atoms with Crippen LogP contribution in [-0.2, 0) is 9.59 Å². The first-order chi connectivity index (χ1) is 11.8. The third-order valence-corrected chi connectivity index (χ3v) is 8.05. The molecule has 0 fully saturated rings. The number of alkyl halides is 3. The summed E-state index contributed by atoms with van der Waals surface area (Å²) in [5, 5.41) is -0.663. The van der Waals surface area contributed by atoms with E-state index in [1.165, 1.54) is 0 Å². The third kappa shape index (κ3) is 2.18. The molecule has 0 spiro atoms. The Bertz CT molecular complexity index is 821. The lowest BCUT2D eigenvalue weighted by molar-refractivity contribution is -0.122. The molecular weight excluding hydrogens is 402 g/mol. The van der Waals surface area contributed by atoms with E-state index in [-0.39, 0.29) is 22.5 Å². The SMILES string of the molecule is CC12C=C(Cl)C(=O)C1C1=C(CC2)C2(CCl)C(=CC1=O)C=CC(Cl)C2Cl. The highest BCUT2D eigenvalue weighted by atomic mass is 35.5. The molecule has 0 aromatic carbocycles. The van der Waals surface area contributed by atoms with Crippen LogP contribution in [0.3, 0.4) is 0 Å². The number of carbonyl (C=O) groups is 2. The van der Waals surface area contributed by atoms with Crippen molar-refractivity contribution >= 4 is 58.0 Å². The number of Topliss-reactive ketones (excluding diaryl/α,β-unsaturated/α-hetero) is 1. The zero-order chi connectivity index (χ0) is 18.1. The maximum Gasteiger partial charge on any atom is 0.182 e. The minimum absolute atomic E-state index is 0.142. The van der Waals surface area contributed by atoms with Crippen molar-refractivity contribution < 1.29 is 9.59 Å². The monoisotopic (exact) mass is 416 g/mol. The van der Waals surface area contributed by atoms with Gasteiger partial charge in [-0.2, -0.15) is 0 Å². The smallest absolute Gasteiger partial charge is 0.182 e. The van der Waals surface area contributed by atoms with Crippen molar-refractivity contribution in [2.45, 2.75) is 30.5 Å². The first-order valence-corrected chi connectivity index (χ1v) is 10.00. The van der Waals surface area contributed by atoms with Crippen molar-refractivity contribution in [2.24, 2.45) is 16.7 Å². The Hall–Kier alpha value is -0.540. The van der Waals surface area contributed by atoms with Gasteiger partial charge >= 0.3 is 0 Å². The van der Waals surface area contributed by atoms with Gasteiger partial charge in [-0.05, 0) is 30.1 Å². The maximum absolute atomic E-state index is 13.0. The van der Waals surface area contributed by atoms with Crippen molar-refractivity contribution in [3.63, 3.8) is 0 Å². The van der Waals surface area contributed by atoms with Crippen molar-refractivity contribution in [3.05, 3.63) is 46.1 Å². The first-order valence-electron chi connectivity index (χ1n) is 8.21. The predicted molar refractivity (Wildman–Crippen MR) is 101 cm³/mol. The Morgan fingerprint density at radius 2 is 2.00 bits per heavy atom. The Morgan fingerprint density at radius 3 is 2.68 bits per heavy atom. The molecule has 0 aromatic heterocycles. The van der Waals surface area contributed by atoms with Crippen LogP contribution in [-0.4, -0.2) is 28.2 Å². The molecule has 25 heavy (non-hydrogen) atoms. The van der Waals surface area contributed by atoms with Crippen LogP contribution in [0.25, 0.3) is 0 Å². The van der Waals surface area contributed by atoms with E-state index in [1.54, 1.807) is 18.2 Å². The minimum Gasteiger partial charge on any atom is -0.292 e. The van der Waals surface area contributed by atoms with Crippen LogP contribution in [0.2, 0.25) is 0 Å². The summed E-state index contributed by atoms with van der Waals surface area (Å²) < 4.78 is 0. The molecule has 0 N–H and O–H groups in total. The van der Waals surface area contributed by atoms with Gasteiger partial charge in [-0.1, -0.05) is 36.8 Å². The van der Waals surface area contributed by atoms with Gasteiger partial charge in [0.1, 0.15) is 0 Å². The maximum atomic E-state index is 13.0. The highest BCUT2D eigenvalue weighted by Crippen LogP contribution is 2.60. The Kier molecular flexibility index (Phi) is 4.09. The van der Waals surface area contributed by atoms with Crippen LogP contribution >= 0.6 is 46.4 Å². The number of fused-ring (bicyclic) bond motifs is 4. The Balaban J connectivity index is 1.96. The number of hydrogen-bond donors (Lipinski definition) is 0. The molecule has 4 aliphatic carbocycles. The lowest BCUT2D eigenvalue weighted by atomic mass is 9.55. The van der Waals surface area contributed by atoms with Gasteiger partial charge in [0.15, 0.2) is 11.6 Å². The van der Waals surface area contributed by atoms with Crippen molar-refractivity contribution in [1.29, 1.82) is 0 Å². The molecule has 4 aliphatic rings. The molecule has 0 bridgehead atoms. The van der Waals surface area contributed by atoms with E-state index < -0.39 is 27.5 Å². The minimum atomic E-state index is -0.718. The van der Waals surface area contributed by atoms with Crippen molar-refractivity contribution in [1.82, 2.24) is 0 Å². The zero-order valence-electron chi connectivity index (χ0n) is 13.5. The van der Waals surface area contributed by atoms with Crippen LogP contribution < -0.4 is 0 Å². The van der Waals surface area contributed by atoms with Gasteiger partial charge in [-0.15, -0.1) is 34.8 Å². The molecule has 0 amide bonds. The largest absolute Gasteiger partial charge is 0.292 e. The molecule has 6 heteroatoms. The normalized spacial score (nSPS) is 42.7. The van der Waals surface area contributed by atoms with Crippen LogP contribution in [0.15, 0.2) is 46.1 Å². The fourth-order valence-corrected chi connectivity index (χ4v) is 6.48. The molecule has 5 unspecified atom stereocenters. The summed E-state index contributed by atoms with van der Waals surface area (Å²) in [6.45, 7) is 1.98. The highest BCUT2D eigenvalue weighted by molar-refractivity contribution is 6.44. The number of allylic oxidation sites excluding steroid dienone is 8. The highest BCUT2D eigenvalue weighted by Gasteiger charge is 2.58. The van der Waals surface area contributed by atoms with Gasteiger partial charge in [-0.3, -0.25) is 9.59 Å². The summed E-state index contributed by atoms with van der Waals surface area (Å²) in [7, 11) is 0. The second kappa shape index (κ2) is 5.73. The summed E-state index contributed by atoms with van der Waals surface area (Å²) in [4.78, 5) is 25.7. The van der Waals surface area contributed by atoms with E-state index in [0.717, 1.165) is 17.6 Å². The number of carbonyl (C=O) groups excluding carboxylic acids is 2. The van der Waals surface area contributed by atoms with Crippen LogP contribution in [0.1, 0.15) is 19.8 Å². The number of hydrogen-bond acceptors (Lipinski definition) is 2. The number of rotatable bonds is 1. The number of halogens is 4. The zero-order valence-corrected chi connectivity index (χ0v) is 16.5. The van der Waals surface area contributed by atoms with E-state index in [4.69, 9.17) is 46.4 Å². The van der Waals surface area contributed by atoms with Gasteiger partial charge in [0.05, 0.1) is 21.7 Å². The van der Waals surface area contributed by atoms with Gasteiger partial charge in [-0.25, -0.2) is 0 Å².